The van der Waals surface area contributed by atoms with Crippen LogP contribution >= 0.6 is 0 Å². The molecular formula is C18H18MnN4. The summed E-state index contributed by atoms with van der Waals surface area (Å²) in [6.07, 6.45) is 5.49. The van der Waals surface area contributed by atoms with Gasteiger partial charge in [-0.05, 0) is 36.4 Å². The quantitative estimate of drug-likeness (QED) is 0.644. The summed E-state index contributed by atoms with van der Waals surface area (Å²) >= 11 is 0. The van der Waals surface area contributed by atoms with Crippen LogP contribution in [0.5, 0.6) is 0 Å². The van der Waals surface area contributed by atoms with E-state index in [4.69, 9.17) is 0 Å². The SMILES string of the molecule is [Mn].c1ccc(CN(Cc2ccccn2)Cc2ccccn2)nc1. The van der Waals surface area contributed by atoms with Gasteiger partial charge in [-0.1, -0.05) is 18.2 Å². The minimum absolute atomic E-state index is 0. The zero-order valence-electron chi connectivity index (χ0n) is 12.7. The molecule has 0 spiro atoms. The number of hydrogen-bond acceptors (Lipinski definition) is 4. The Morgan fingerprint density at radius 3 is 1.17 bits per heavy atom. The fourth-order valence-corrected chi connectivity index (χ4v) is 2.33. The molecule has 0 atom stereocenters. The van der Waals surface area contributed by atoms with Crippen molar-refractivity contribution >= 4 is 0 Å². The van der Waals surface area contributed by atoms with Crippen molar-refractivity contribution in [2.75, 3.05) is 0 Å². The van der Waals surface area contributed by atoms with E-state index in [2.05, 4.69) is 19.9 Å². The van der Waals surface area contributed by atoms with Crippen LogP contribution in [-0.4, -0.2) is 19.9 Å². The second-order valence-electron chi connectivity index (χ2n) is 5.11. The van der Waals surface area contributed by atoms with E-state index >= 15 is 0 Å². The molecule has 0 aliphatic rings. The molecule has 0 aromatic carbocycles. The van der Waals surface area contributed by atoms with Gasteiger partial charge in [-0.15, -0.1) is 0 Å². The summed E-state index contributed by atoms with van der Waals surface area (Å²) in [7, 11) is 0. The first kappa shape index (κ1) is 17.3. The van der Waals surface area contributed by atoms with Crippen molar-refractivity contribution < 1.29 is 17.1 Å². The first-order valence-corrected chi connectivity index (χ1v) is 7.32. The maximum Gasteiger partial charge on any atom is 0.0544 e. The van der Waals surface area contributed by atoms with Gasteiger partial charge < -0.3 is 0 Å². The summed E-state index contributed by atoms with van der Waals surface area (Å²) < 4.78 is 0. The van der Waals surface area contributed by atoms with Gasteiger partial charge in [-0.2, -0.15) is 0 Å². The summed E-state index contributed by atoms with van der Waals surface area (Å²) in [5.74, 6) is 0. The van der Waals surface area contributed by atoms with Gasteiger partial charge in [-0.25, -0.2) is 0 Å². The predicted molar refractivity (Wildman–Crippen MR) is 85.7 cm³/mol. The van der Waals surface area contributed by atoms with Crippen LogP contribution in [0, 0.1) is 0 Å². The van der Waals surface area contributed by atoms with Crippen molar-refractivity contribution in [2.24, 2.45) is 0 Å². The van der Waals surface area contributed by atoms with Crippen LogP contribution in [0.15, 0.2) is 73.2 Å². The smallest absolute Gasteiger partial charge is 0.0544 e. The topological polar surface area (TPSA) is 41.9 Å². The molecule has 4 nitrogen and oxygen atoms in total. The van der Waals surface area contributed by atoms with Gasteiger partial charge in [0, 0.05) is 55.3 Å². The van der Waals surface area contributed by atoms with Crippen molar-refractivity contribution in [2.45, 2.75) is 19.6 Å². The maximum absolute atomic E-state index is 4.42. The Labute approximate surface area is 147 Å². The summed E-state index contributed by atoms with van der Waals surface area (Å²) in [5.41, 5.74) is 3.15. The molecule has 0 aliphatic heterocycles. The van der Waals surface area contributed by atoms with Crippen LogP contribution in [-0.2, 0) is 36.7 Å². The Bertz CT molecular complexity index is 578. The Balaban J connectivity index is 0.00000192. The number of nitrogens with zero attached hydrogens (tertiary/aromatic N) is 4. The first-order chi connectivity index (χ1) is 10.9. The Hall–Kier alpha value is -2.07. The number of rotatable bonds is 6. The molecule has 0 N–H and O–H groups in total. The third kappa shape index (κ3) is 5.57. The van der Waals surface area contributed by atoms with Gasteiger partial charge in [0.15, 0.2) is 0 Å². The molecular weight excluding hydrogens is 327 g/mol. The fourth-order valence-electron chi connectivity index (χ4n) is 2.33. The molecule has 5 heteroatoms. The van der Waals surface area contributed by atoms with E-state index < -0.39 is 0 Å². The molecule has 117 valence electrons. The summed E-state index contributed by atoms with van der Waals surface area (Å²) in [6, 6.07) is 18.0. The summed E-state index contributed by atoms with van der Waals surface area (Å²) in [4.78, 5) is 15.6. The van der Waals surface area contributed by atoms with Gasteiger partial charge in [-0.3, -0.25) is 19.9 Å². The van der Waals surface area contributed by atoms with Gasteiger partial charge in [0.05, 0.1) is 17.1 Å². The first-order valence-electron chi connectivity index (χ1n) is 7.32. The second kappa shape index (κ2) is 9.15. The third-order valence-corrected chi connectivity index (χ3v) is 3.34. The molecule has 3 heterocycles. The zero-order chi connectivity index (χ0) is 15.0. The van der Waals surface area contributed by atoms with E-state index in [9.17, 15) is 0 Å². The van der Waals surface area contributed by atoms with Crippen LogP contribution in [0.3, 0.4) is 0 Å². The van der Waals surface area contributed by atoms with Crippen molar-refractivity contribution in [1.82, 2.24) is 19.9 Å². The predicted octanol–water partition coefficient (Wildman–Crippen LogP) is 3.07. The average Bonchev–Trinajstić information content (AvgIpc) is 2.57. The molecule has 0 fully saturated rings. The maximum atomic E-state index is 4.42. The van der Waals surface area contributed by atoms with E-state index in [0.717, 1.165) is 36.7 Å². The Morgan fingerprint density at radius 2 is 0.913 bits per heavy atom. The van der Waals surface area contributed by atoms with Crippen LogP contribution in [0.25, 0.3) is 0 Å². The molecule has 23 heavy (non-hydrogen) atoms. The molecule has 3 aromatic heterocycles. The van der Waals surface area contributed by atoms with Gasteiger partial charge in [0.1, 0.15) is 0 Å². The van der Waals surface area contributed by atoms with E-state index in [1.807, 2.05) is 73.2 Å². The number of pyridine rings is 3. The zero-order valence-corrected chi connectivity index (χ0v) is 13.9. The number of hydrogen-bond donors (Lipinski definition) is 0. The molecule has 3 rings (SSSR count). The van der Waals surface area contributed by atoms with E-state index in [1.54, 1.807) is 0 Å². The molecule has 3 aromatic rings. The average molecular weight is 345 g/mol. The van der Waals surface area contributed by atoms with Crippen molar-refractivity contribution in [3.63, 3.8) is 0 Å². The van der Waals surface area contributed by atoms with E-state index in [-0.39, 0.29) is 17.1 Å². The second-order valence-corrected chi connectivity index (χ2v) is 5.11. The molecule has 0 bridgehead atoms. The Kier molecular flexibility index (Phi) is 6.88. The summed E-state index contributed by atoms with van der Waals surface area (Å²) in [5, 5.41) is 0. The number of aromatic nitrogens is 3. The molecule has 0 saturated heterocycles. The normalized spacial score (nSPS) is 10.3. The third-order valence-electron chi connectivity index (χ3n) is 3.34. The fraction of sp³-hybridized carbons (Fsp3) is 0.167. The molecule has 1 radical (unpaired) electrons. The molecule has 0 saturated carbocycles. The molecule has 0 aliphatic carbocycles. The van der Waals surface area contributed by atoms with Crippen LogP contribution < -0.4 is 0 Å². The van der Waals surface area contributed by atoms with Gasteiger partial charge in [0.2, 0.25) is 0 Å². The van der Waals surface area contributed by atoms with Crippen LogP contribution in [0.2, 0.25) is 0 Å². The van der Waals surface area contributed by atoms with E-state index in [1.165, 1.54) is 0 Å². The molecule has 0 amide bonds. The van der Waals surface area contributed by atoms with Gasteiger partial charge in [0.25, 0.3) is 0 Å². The monoisotopic (exact) mass is 345 g/mol. The minimum atomic E-state index is 0. The van der Waals surface area contributed by atoms with Crippen molar-refractivity contribution in [3.8, 4) is 0 Å². The van der Waals surface area contributed by atoms with Crippen molar-refractivity contribution in [1.29, 1.82) is 0 Å². The minimum Gasteiger partial charge on any atom is -0.286 e. The molecule has 0 unspecified atom stereocenters. The largest absolute Gasteiger partial charge is 0.286 e. The van der Waals surface area contributed by atoms with Crippen LogP contribution in [0.4, 0.5) is 0 Å². The van der Waals surface area contributed by atoms with Gasteiger partial charge >= 0.3 is 0 Å². The van der Waals surface area contributed by atoms with Crippen molar-refractivity contribution in [3.05, 3.63) is 90.3 Å². The van der Waals surface area contributed by atoms with Crippen LogP contribution in [0.1, 0.15) is 17.1 Å². The Morgan fingerprint density at radius 1 is 0.565 bits per heavy atom. The van der Waals surface area contributed by atoms with E-state index in [0.29, 0.717) is 0 Å². The summed E-state index contributed by atoms with van der Waals surface area (Å²) in [6.45, 7) is 2.32. The standard InChI is InChI=1S/C18H18N4.Mn/c1-4-10-19-16(7-1)13-22(14-17-8-2-5-11-20-17)15-18-9-3-6-12-21-18;/h1-12H,13-15H2;.